The van der Waals surface area contributed by atoms with Crippen molar-refractivity contribution in [3.8, 4) is 0 Å². The number of nitrogens with one attached hydrogen (secondary N) is 2. The Kier molecular flexibility index (Phi) is 5.50. The van der Waals surface area contributed by atoms with E-state index in [-0.39, 0.29) is 17.5 Å². The maximum absolute atomic E-state index is 11.6. The molecule has 6 heteroatoms. The molecule has 2 rings (SSSR count). The quantitative estimate of drug-likeness (QED) is 0.842. The Morgan fingerprint density at radius 3 is 3.05 bits per heavy atom. The first-order valence-electron chi connectivity index (χ1n) is 7.71. The molecule has 0 radical (unpaired) electrons. The van der Waals surface area contributed by atoms with Gasteiger partial charge >= 0.3 is 0 Å². The fraction of sp³-hybridized carbons (Fsp3) is 0.667. The SMILES string of the molecule is CCC(=O)N[C@H]1CCCN(Cc2nc(CC)cc(=O)[nH]2)C1. The molecule has 1 amide bonds. The van der Waals surface area contributed by atoms with Gasteiger partial charge in [-0.05, 0) is 25.8 Å². The van der Waals surface area contributed by atoms with Gasteiger partial charge in [-0.3, -0.25) is 14.5 Å². The first-order chi connectivity index (χ1) is 10.1. The molecule has 1 aliphatic heterocycles. The number of aromatic amines is 1. The van der Waals surface area contributed by atoms with Crippen molar-refractivity contribution >= 4 is 5.91 Å². The van der Waals surface area contributed by atoms with Crippen LogP contribution in [0.4, 0.5) is 0 Å². The van der Waals surface area contributed by atoms with E-state index in [1.165, 1.54) is 0 Å². The van der Waals surface area contributed by atoms with Gasteiger partial charge in [0, 0.05) is 30.8 Å². The number of aryl methyl sites for hydroxylation is 1. The molecule has 2 heterocycles. The zero-order chi connectivity index (χ0) is 15.2. The van der Waals surface area contributed by atoms with Crippen LogP contribution >= 0.6 is 0 Å². The molecule has 116 valence electrons. The summed E-state index contributed by atoms with van der Waals surface area (Å²) in [5, 5.41) is 3.05. The second-order valence-electron chi connectivity index (χ2n) is 5.53. The van der Waals surface area contributed by atoms with Crippen LogP contribution in [0.2, 0.25) is 0 Å². The molecular weight excluding hydrogens is 268 g/mol. The van der Waals surface area contributed by atoms with Gasteiger partial charge in [-0.15, -0.1) is 0 Å². The number of carbonyl (C=O) groups is 1. The molecule has 0 unspecified atom stereocenters. The van der Waals surface area contributed by atoms with Gasteiger partial charge in [0.2, 0.25) is 5.91 Å². The van der Waals surface area contributed by atoms with E-state index in [0.29, 0.717) is 18.8 Å². The van der Waals surface area contributed by atoms with E-state index in [9.17, 15) is 9.59 Å². The molecule has 1 aromatic heterocycles. The van der Waals surface area contributed by atoms with Crippen molar-refractivity contribution in [1.82, 2.24) is 20.2 Å². The first-order valence-corrected chi connectivity index (χ1v) is 7.71. The van der Waals surface area contributed by atoms with Crippen molar-refractivity contribution < 1.29 is 4.79 Å². The molecule has 0 spiro atoms. The van der Waals surface area contributed by atoms with Crippen molar-refractivity contribution in [3.63, 3.8) is 0 Å². The molecule has 1 atom stereocenters. The van der Waals surface area contributed by atoms with Crippen LogP contribution in [0.1, 0.15) is 44.6 Å². The number of aromatic nitrogens is 2. The second-order valence-corrected chi connectivity index (χ2v) is 5.53. The number of piperidine rings is 1. The Morgan fingerprint density at radius 2 is 2.33 bits per heavy atom. The van der Waals surface area contributed by atoms with Crippen molar-refractivity contribution in [2.75, 3.05) is 13.1 Å². The zero-order valence-electron chi connectivity index (χ0n) is 12.8. The Labute approximate surface area is 125 Å². The lowest BCUT2D eigenvalue weighted by molar-refractivity contribution is -0.121. The monoisotopic (exact) mass is 292 g/mol. The smallest absolute Gasteiger partial charge is 0.251 e. The summed E-state index contributed by atoms with van der Waals surface area (Å²) in [5.74, 6) is 0.809. The molecule has 1 aliphatic rings. The Hall–Kier alpha value is -1.69. The molecule has 1 aromatic rings. The highest BCUT2D eigenvalue weighted by molar-refractivity contribution is 5.75. The van der Waals surface area contributed by atoms with E-state index in [2.05, 4.69) is 20.2 Å². The van der Waals surface area contributed by atoms with Crippen LogP contribution in [0.3, 0.4) is 0 Å². The van der Waals surface area contributed by atoms with E-state index in [1.54, 1.807) is 6.07 Å². The summed E-state index contributed by atoms with van der Waals surface area (Å²) in [7, 11) is 0. The van der Waals surface area contributed by atoms with Gasteiger partial charge in [0.1, 0.15) is 5.82 Å². The van der Waals surface area contributed by atoms with E-state index in [1.807, 2.05) is 13.8 Å². The number of nitrogens with zero attached hydrogens (tertiary/aromatic N) is 2. The first kappa shape index (κ1) is 15.7. The van der Waals surface area contributed by atoms with Crippen molar-refractivity contribution in [1.29, 1.82) is 0 Å². The summed E-state index contributed by atoms with van der Waals surface area (Å²) in [6.07, 6.45) is 3.34. The third kappa shape index (κ3) is 4.67. The second kappa shape index (κ2) is 7.36. The lowest BCUT2D eigenvalue weighted by Crippen LogP contribution is -2.47. The number of amides is 1. The summed E-state index contributed by atoms with van der Waals surface area (Å²) < 4.78 is 0. The molecule has 0 bridgehead atoms. The summed E-state index contributed by atoms with van der Waals surface area (Å²) in [6.45, 7) is 6.26. The number of likely N-dealkylation sites (tertiary alicyclic amines) is 1. The van der Waals surface area contributed by atoms with E-state index in [4.69, 9.17) is 0 Å². The van der Waals surface area contributed by atoms with E-state index in [0.717, 1.165) is 38.0 Å². The third-order valence-corrected chi connectivity index (χ3v) is 3.77. The Morgan fingerprint density at radius 1 is 1.52 bits per heavy atom. The van der Waals surface area contributed by atoms with Crippen LogP contribution in [-0.4, -0.2) is 39.9 Å². The van der Waals surface area contributed by atoms with Crippen LogP contribution in [0.5, 0.6) is 0 Å². The highest BCUT2D eigenvalue weighted by atomic mass is 16.1. The Balaban J connectivity index is 1.97. The molecule has 0 saturated carbocycles. The van der Waals surface area contributed by atoms with Crippen LogP contribution in [0.15, 0.2) is 10.9 Å². The largest absolute Gasteiger partial charge is 0.352 e. The molecule has 0 aliphatic carbocycles. The van der Waals surface area contributed by atoms with Gasteiger partial charge < -0.3 is 10.3 Å². The minimum absolute atomic E-state index is 0.0929. The predicted molar refractivity (Wildman–Crippen MR) is 81.0 cm³/mol. The number of rotatable bonds is 5. The third-order valence-electron chi connectivity index (χ3n) is 3.77. The van der Waals surface area contributed by atoms with Crippen molar-refractivity contribution in [3.05, 3.63) is 27.9 Å². The summed E-state index contributed by atoms with van der Waals surface area (Å²) >= 11 is 0. The number of H-pyrrole nitrogens is 1. The fourth-order valence-corrected chi connectivity index (χ4v) is 2.68. The summed E-state index contributed by atoms with van der Waals surface area (Å²) in [6, 6.07) is 1.75. The standard InChI is InChI=1S/C15H24N4O2/c1-3-11-8-15(21)18-13(16-11)10-19-7-5-6-12(9-19)17-14(20)4-2/h8,12H,3-7,9-10H2,1-2H3,(H,17,20)(H,16,18,21)/t12-/m0/s1. The summed E-state index contributed by atoms with van der Waals surface area (Å²) in [4.78, 5) is 32.6. The molecule has 2 N–H and O–H groups in total. The lowest BCUT2D eigenvalue weighted by Gasteiger charge is -2.32. The molecule has 21 heavy (non-hydrogen) atoms. The maximum Gasteiger partial charge on any atom is 0.251 e. The minimum atomic E-state index is -0.0929. The lowest BCUT2D eigenvalue weighted by atomic mass is 10.1. The van der Waals surface area contributed by atoms with Crippen LogP contribution < -0.4 is 10.9 Å². The Bertz CT molecular complexity index is 541. The number of carbonyl (C=O) groups excluding carboxylic acids is 1. The van der Waals surface area contributed by atoms with Gasteiger partial charge in [-0.2, -0.15) is 0 Å². The van der Waals surface area contributed by atoms with Crippen LogP contribution in [0, 0.1) is 0 Å². The van der Waals surface area contributed by atoms with Crippen LogP contribution in [0.25, 0.3) is 0 Å². The average Bonchev–Trinajstić information content (AvgIpc) is 2.46. The highest BCUT2D eigenvalue weighted by Crippen LogP contribution is 2.12. The van der Waals surface area contributed by atoms with Gasteiger partial charge in [0.25, 0.3) is 5.56 Å². The topological polar surface area (TPSA) is 78.1 Å². The van der Waals surface area contributed by atoms with Crippen molar-refractivity contribution in [2.45, 2.75) is 52.1 Å². The van der Waals surface area contributed by atoms with Gasteiger partial charge in [-0.25, -0.2) is 4.98 Å². The number of hydrogen-bond acceptors (Lipinski definition) is 4. The zero-order valence-corrected chi connectivity index (χ0v) is 12.8. The van der Waals surface area contributed by atoms with Gasteiger partial charge in [-0.1, -0.05) is 13.8 Å². The molecule has 6 nitrogen and oxygen atoms in total. The van der Waals surface area contributed by atoms with E-state index >= 15 is 0 Å². The molecule has 1 saturated heterocycles. The molecular formula is C15H24N4O2. The molecule has 1 fully saturated rings. The predicted octanol–water partition coefficient (Wildman–Crippen LogP) is 0.823. The minimum Gasteiger partial charge on any atom is -0.352 e. The average molecular weight is 292 g/mol. The fourth-order valence-electron chi connectivity index (χ4n) is 2.68. The van der Waals surface area contributed by atoms with E-state index < -0.39 is 0 Å². The maximum atomic E-state index is 11.6. The van der Waals surface area contributed by atoms with Gasteiger partial charge in [0.05, 0.1) is 6.54 Å². The highest BCUT2D eigenvalue weighted by Gasteiger charge is 2.21. The van der Waals surface area contributed by atoms with Crippen LogP contribution in [-0.2, 0) is 17.8 Å². The summed E-state index contributed by atoms with van der Waals surface area (Å²) in [5.41, 5.74) is 0.728. The van der Waals surface area contributed by atoms with Crippen molar-refractivity contribution in [2.24, 2.45) is 0 Å². The molecule has 0 aromatic carbocycles. The van der Waals surface area contributed by atoms with Gasteiger partial charge in [0.15, 0.2) is 0 Å². The normalized spacial score (nSPS) is 19.4. The number of hydrogen-bond donors (Lipinski definition) is 2.